The van der Waals surface area contributed by atoms with Crippen molar-refractivity contribution in [2.24, 2.45) is 28.6 Å². The first-order valence-corrected chi connectivity index (χ1v) is 12.3. The van der Waals surface area contributed by atoms with E-state index >= 15 is 0 Å². The summed E-state index contributed by atoms with van der Waals surface area (Å²) in [6.45, 7) is 7.42. The van der Waals surface area contributed by atoms with E-state index < -0.39 is 52.8 Å². The highest BCUT2D eigenvalue weighted by atomic mass is 16.6. The van der Waals surface area contributed by atoms with Gasteiger partial charge in [-0.1, -0.05) is 25.5 Å². The van der Waals surface area contributed by atoms with Crippen molar-refractivity contribution in [3.63, 3.8) is 0 Å². The van der Waals surface area contributed by atoms with Gasteiger partial charge in [-0.2, -0.15) is 0 Å². The molecule has 35 heavy (non-hydrogen) atoms. The maximum Gasteiger partial charge on any atom is 0.303 e. The number of hydrogen-bond donors (Lipinski definition) is 0. The van der Waals surface area contributed by atoms with Crippen molar-refractivity contribution < 1.29 is 38.2 Å². The van der Waals surface area contributed by atoms with E-state index in [-0.39, 0.29) is 23.5 Å². The number of Topliss-reactive ketones (excluding diaryl/α,β-unsaturated/α-hetero) is 1. The number of allylic oxidation sites excluding steroid dienone is 4. The summed E-state index contributed by atoms with van der Waals surface area (Å²) in [5, 5.41) is 0. The monoisotopic (exact) mass is 486 g/mol. The predicted octanol–water partition coefficient (Wildman–Crippen LogP) is 3.27. The van der Waals surface area contributed by atoms with Gasteiger partial charge in [0.05, 0.1) is 0 Å². The molecule has 3 saturated carbocycles. The van der Waals surface area contributed by atoms with Gasteiger partial charge in [-0.25, -0.2) is 0 Å². The summed E-state index contributed by atoms with van der Waals surface area (Å²) >= 11 is 0. The number of ether oxygens (including phenoxy) is 3. The Labute approximate surface area is 205 Å². The lowest BCUT2D eigenvalue weighted by atomic mass is 9.46. The van der Waals surface area contributed by atoms with Crippen LogP contribution in [0.2, 0.25) is 0 Å². The van der Waals surface area contributed by atoms with Gasteiger partial charge in [0.1, 0.15) is 6.10 Å². The SMILES string of the molecule is CC(=O)OCC(=O)[C@@]1(OC(C)=O)CC[C@H]2[C@@H]3CCC4=CC(=O)C=C[C@]4(C)[C@H]3[C@@H](OC(C)=O)C[C@@]21C. The number of rotatable bonds is 5. The molecule has 0 aromatic carbocycles. The summed E-state index contributed by atoms with van der Waals surface area (Å²) in [6.07, 6.45) is 7.50. The highest BCUT2D eigenvalue weighted by Gasteiger charge is 2.71. The third-order valence-corrected chi connectivity index (χ3v) is 9.09. The van der Waals surface area contributed by atoms with E-state index in [9.17, 15) is 24.0 Å². The second kappa shape index (κ2) is 8.71. The molecule has 8 heteroatoms. The first-order chi connectivity index (χ1) is 16.3. The van der Waals surface area contributed by atoms with Gasteiger partial charge in [-0.3, -0.25) is 24.0 Å². The molecule has 0 spiro atoms. The van der Waals surface area contributed by atoms with Crippen LogP contribution in [0.4, 0.5) is 0 Å². The third kappa shape index (κ3) is 3.95. The molecule has 190 valence electrons. The van der Waals surface area contributed by atoms with Crippen LogP contribution >= 0.6 is 0 Å². The summed E-state index contributed by atoms with van der Waals surface area (Å²) in [6, 6.07) is 0. The fraction of sp³-hybridized carbons (Fsp3) is 0.667. The maximum absolute atomic E-state index is 13.6. The Morgan fingerprint density at radius 2 is 1.74 bits per heavy atom. The normalized spacial score (nSPS) is 39.5. The minimum Gasteiger partial charge on any atom is -0.462 e. The average molecular weight is 487 g/mol. The van der Waals surface area contributed by atoms with Gasteiger partial charge in [0.15, 0.2) is 18.0 Å². The number of esters is 3. The molecule has 0 bridgehead atoms. The van der Waals surface area contributed by atoms with Gasteiger partial charge >= 0.3 is 17.9 Å². The Morgan fingerprint density at radius 1 is 1.03 bits per heavy atom. The molecule has 0 amide bonds. The molecular formula is C27H34O8. The van der Waals surface area contributed by atoms with Gasteiger partial charge in [-0.15, -0.1) is 0 Å². The molecule has 3 fully saturated rings. The summed E-state index contributed by atoms with van der Waals surface area (Å²) in [5.41, 5.74) is -1.70. The Morgan fingerprint density at radius 3 is 2.37 bits per heavy atom. The molecule has 0 radical (unpaired) electrons. The number of ketones is 2. The van der Waals surface area contributed by atoms with E-state index in [1.165, 1.54) is 20.8 Å². The molecule has 0 heterocycles. The number of carbonyl (C=O) groups excluding carboxylic acids is 5. The highest BCUT2D eigenvalue weighted by molar-refractivity contribution is 6.01. The second-order valence-electron chi connectivity index (χ2n) is 11.0. The summed E-state index contributed by atoms with van der Waals surface area (Å²) in [7, 11) is 0. The van der Waals surface area contributed by atoms with Crippen LogP contribution in [0.1, 0.15) is 66.7 Å². The quantitative estimate of drug-likeness (QED) is 0.430. The van der Waals surface area contributed by atoms with Crippen molar-refractivity contribution in [1.29, 1.82) is 0 Å². The van der Waals surface area contributed by atoms with Gasteiger partial charge in [-0.05, 0) is 56.1 Å². The Balaban J connectivity index is 1.80. The molecule has 0 aromatic rings. The van der Waals surface area contributed by atoms with E-state index in [1.54, 1.807) is 12.2 Å². The molecule has 4 aliphatic carbocycles. The van der Waals surface area contributed by atoms with Gasteiger partial charge < -0.3 is 14.2 Å². The van der Waals surface area contributed by atoms with E-state index in [2.05, 4.69) is 6.92 Å². The van der Waals surface area contributed by atoms with Crippen LogP contribution in [0.15, 0.2) is 23.8 Å². The van der Waals surface area contributed by atoms with E-state index in [1.807, 2.05) is 13.0 Å². The van der Waals surface area contributed by atoms with Crippen molar-refractivity contribution in [2.75, 3.05) is 6.61 Å². The van der Waals surface area contributed by atoms with Gasteiger partial charge in [0, 0.05) is 37.5 Å². The lowest BCUT2D eigenvalue weighted by Gasteiger charge is -2.60. The molecule has 0 saturated heterocycles. The van der Waals surface area contributed by atoms with Crippen molar-refractivity contribution in [2.45, 2.75) is 78.4 Å². The molecule has 0 aliphatic heterocycles. The first kappa shape index (κ1) is 25.3. The zero-order valence-electron chi connectivity index (χ0n) is 21.1. The Hall–Kier alpha value is -2.77. The maximum atomic E-state index is 13.6. The van der Waals surface area contributed by atoms with Crippen LogP contribution in [0, 0.1) is 28.6 Å². The fourth-order valence-corrected chi connectivity index (χ4v) is 7.81. The lowest BCUT2D eigenvalue weighted by molar-refractivity contribution is -0.205. The minimum absolute atomic E-state index is 0.0179. The van der Waals surface area contributed by atoms with Crippen LogP contribution < -0.4 is 0 Å². The van der Waals surface area contributed by atoms with E-state index in [0.29, 0.717) is 19.3 Å². The van der Waals surface area contributed by atoms with Crippen LogP contribution in [0.25, 0.3) is 0 Å². The molecular weight excluding hydrogens is 452 g/mol. The van der Waals surface area contributed by atoms with E-state index in [0.717, 1.165) is 18.4 Å². The molecule has 0 N–H and O–H groups in total. The summed E-state index contributed by atoms with van der Waals surface area (Å²) in [4.78, 5) is 61.6. The Kier molecular flexibility index (Phi) is 6.31. The largest absolute Gasteiger partial charge is 0.462 e. The van der Waals surface area contributed by atoms with Crippen LogP contribution in [0.3, 0.4) is 0 Å². The second-order valence-corrected chi connectivity index (χ2v) is 11.0. The fourth-order valence-electron chi connectivity index (χ4n) is 7.81. The minimum atomic E-state index is -1.47. The number of hydrogen-bond acceptors (Lipinski definition) is 8. The smallest absolute Gasteiger partial charge is 0.303 e. The van der Waals surface area contributed by atoms with Crippen molar-refractivity contribution in [3.8, 4) is 0 Å². The molecule has 4 rings (SSSR count). The lowest BCUT2D eigenvalue weighted by Crippen LogP contribution is -2.63. The van der Waals surface area contributed by atoms with Crippen LogP contribution in [-0.4, -0.2) is 47.8 Å². The predicted molar refractivity (Wildman–Crippen MR) is 124 cm³/mol. The number of carbonyl (C=O) groups is 5. The topological polar surface area (TPSA) is 113 Å². The van der Waals surface area contributed by atoms with Crippen LogP contribution in [-0.2, 0) is 38.2 Å². The van der Waals surface area contributed by atoms with Crippen LogP contribution in [0.5, 0.6) is 0 Å². The van der Waals surface area contributed by atoms with Crippen molar-refractivity contribution in [3.05, 3.63) is 23.8 Å². The number of fused-ring (bicyclic) bond motifs is 5. The average Bonchev–Trinajstić information content (AvgIpc) is 3.04. The third-order valence-electron chi connectivity index (χ3n) is 9.09. The van der Waals surface area contributed by atoms with Gasteiger partial charge in [0.2, 0.25) is 5.78 Å². The zero-order chi connectivity index (χ0) is 25.8. The Bertz CT molecular complexity index is 1040. The standard InChI is InChI=1S/C27H34O8/c1-15(28)33-14-23(32)27(35-17(3)30)11-9-21-20-7-6-18-12-19(31)8-10-25(18,4)24(20)22(34-16(2)29)13-26(21,27)5/h8,10,12,20-22,24H,6-7,9,11,13-14H2,1-5H3/t20-,21-,22-,24+,25-,26-,27-/m0/s1. The van der Waals surface area contributed by atoms with E-state index in [4.69, 9.17) is 14.2 Å². The highest BCUT2D eigenvalue weighted by Crippen LogP contribution is 2.68. The van der Waals surface area contributed by atoms with Gasteiger partial charge in [0.25, 0.3) is 0 Å². The van der Waals surface area contributed by atoms with Crippen molar-refractivity contribution in [1.82, 2.24) is 0 Å². The van der Waals surface area contributed by atoms with Crippen molar-refractivity contribution >= 4 is 29.5 Å². The zero-order valence-corrected chi connectivity index (χ0v) is 21.1. The molecule has 7 atom stereocenters. The molecule has 0 unspecified atom stereocenters. The summed E-state index contributed by atoms with van der Waals surface area (Å²) < 4.78 is 16.8. The first-order valence-electron chi connectivity index (χ1n) is 12.3. The molecule has 0 aromatic heterocycles. The molecule has 8 nitrogen and oxygen atoms in total. The molecule has 4 aliphatic rings. The summed E-state index contributed by atoms with van der Waals surface area (Å²) in [5.74, 6) is -2.05.